The highest BCUT2D eigenvalue weighted by Gasteiger charge is 2.67. The predicted octanol–water partition coefficient (Wildman–Crippen LogP) is 5.84. The van der Waals surface area contributed by atoms with E-state index in [2.05, 4.69) is 65.5 Å². The van der Waals surface area contributed by atoms with Crippen LogP contribution in [0.3, 0.4) is 0 Å². The lowest BCUT2D eigenvalue weighted by Crippen LogP contribution is -2.74. The Kier molecular flexibility index (Phi) is 8.34. The summed E-state index contributed by atoms with van der Waals surface area (Å²) in [6, 6.07) is 0. The molecule has 1 aliphatic rings. The Balaban J connectivity index is 3.67. The van der Waals surface area contributed by atoms with Crippen molar-refractivity contribution in [3.63, 3.8) is 0 Å². The normalized spacial score (nSPS) is 18.6. The first kappa shape index (κ1) is 26.0. The summed E-state index contributed by atoms with van der Waals surface area (Å²) < 4.78 is 26.9. The molecule has 0 radical (unpaired) electrons. The topological polar surface area (TPSA) is 54.0 Å². The smallest absolute Gasteiger partial charge is 0.451 e. The van der Waals surface area contributed by atoms with Gasteiger partial charge < -0.3 is 17.1 Å². The minimum atomic E-state index is -3.36. The number of hydrogen-bond donors (Lipinski definition) is 0. The van der Waals surface area contributed by atoms with Crippen LogP contribution in [0.25, 0.3) is 0 Å². The Morgan fingerprint density at radius 3 is 1.39 bits per heavy atom. The maximum atomic E-state index is 12.7. The fourth-order valence-corrected chi connectivity index (χ4v) is 18.1. The second-order valence-corrected chi connectivity index (χ2v) is 28.1. The maximum absolute atomic E-state index is 12.7. The third kappa shape index (κ3) is 7.66. The van der Waals surface area contributed by atoms with Gasteiger partial charge in [0.05, 0.1) is 0 Å². The SMILES string of the molecule is C=C(C)C(=O)OC1([Si](O[Si](C)(C)C)(O[Si](C)(C)C)O[Si](C)(C)C)CCCCC1. The van der Waals surface area contributed by atoms with E-state index in [9.17, 15) is 4.79 Å². The Morgan fingerprint density at radius 2 is 1.11 bits per heavy atom. The summed E-state index contributed by atoms with van der Waals surface area (Å²) in [5.74, 6) is -0.365. The molecule has 1 fully saturated rings. The number of ether oxygens (including phenoxy) is 1. The molecule has 9 heteroatoms. The van der Waals surface area contributed by atoms with Gasteiger partial charge in [-0.25, -0.2) is 4.79 Å². The minimum Gasteiger partial charge on any atom is -0.451 e. The summed E-state index contributed by atoms with van der Waals surface area (Å²) in [4.78, 5) is 12.7. The molecule has 0 unspecified atom stereocenters. The summed E-state index contributed by atoms with van der Waals surface area (Å²) in [6.07, 6.45) is 4.56. The van der Waals surface area contributed by atoms with Crippen LogP contribution in [0.1, 0.15) is 39.0 Å². The molecule has 0 N–H and O–H groups in total. The van der Waals surface area contributed by atoms with Crippen LogP contribution in [-0.4, -0.2) is 45.0 Å². The fourth-order valence-electron chi connectivity index (χ4n) is 3.41. The molecule has 0 spiro atoms. The van der Waals surface area contributed by atoms with E-state index in [-0.39, 0.29) is 5.97 Å². The van der Waals surface area contributed by atoms with E-state index >= 15 is 0 Å². The van der Waals surface area contributed by atoms with E-state index in [0.29, 0.717) is 5.57 Å². The van der Waals surface area contributed by atoms with Crippen LogP contribution in [0.15, 0.2) is 12.2 Å². The van der Waals surface area contributed by atoms with Crippen molar-refractivity contribution >= 4 is 39.7 Å². The van der Waals surface area contributed by atoms with Gasteiger partial charge >= 0.3 is 14.8 Å². The van der Waals surface area contributed by atoms with Crippen LogP contribution >= 0.6 is 0 Å². The highest BCUT2D eigenvalue weighted by Crippen LogP contribution is 2.45. The highest BCUT2D eigenvalue weighted by atomic mass is 28.5. The fraction of sp³-hybridized carbons (Fsp3) is 0.842. The van der Waals surface area contributed by atoms with Crippen molar-refractivity contribution in [3.05, 3.63) is 12.2 Å². The van der Waals surface area contributed by atoms with Gasteiger partial charge in [-0.2, -0.15) is 0 Å². The number of esters is 1. The summed E-state index contributed by atoms with van der Waals surface area (Å²) in [5, 5.41) is -0.817. The molecule has 1 aliphatic carbocycles. The van der Waals surface area contributed by atoms with Crippen LogP contribution in [0.2, 0.25) is 58.9 Å². The minimum absolute atomic E-state index is 0.365. The highest BCUT2D eigenvalue weighted by molar-refractivity contribution is 6.91. The predicted molar refractivity (Wildman–Crippen MR) is 126 cm³/mol. The molecule has 1 rings (SSSR count). The van der Waals surface area contributed by atoms with E-state index in [1.165, 1.54) is 0 Å². The van der Waals surface area contributed by atoms with Crippen molar-refractivity contribution in [2.75, 3.05) is 0 Å². The second-order valence-electron chi connectivity index (χ2n) is 10.9. The molecule has 0 atom stereocenters. The molecule has 28 heavy (non-hydrogen) atoms. The molecule has 0 saturated heterocycles. The molecule has 0 amide bonds. The van der Waals surface area contributed by atoms with Crippen molar-refractivity contribution in [3.8, 4) is 0 Å². The van der Waals surface area contributed by atoms with Gasteiger partial charge in [-0.3, -0.25) is 0 Å². The van der Waals surface area contributed by atoms with Gasteiger partial charge in [0, 0.05) is 5.57 Å². The van der Waals surface area contributed by atoms with E-state index in [1.54, 1.807) is 6.92 Å². The summed E-state index contributed by atoms with van der Waals surface area (Å²) in [7, 11) is -9.54. The number of carbonyl (C=O) groups excluding carboxylic acids is 1. The summed E-state index contributed by atoms with van der Waals surface area (Å²) in [5.41, 5.74) is 0.404. The van der Waals surface area contributed by atoms with Crippen molar-refractivity contribution in [1.82, 2.24) is 0 Å². The van der Waals surface area contributed by atoms with Crippen molar-refractivity contribution in [1.29, 1.82) is 0 Å². The Hall–Kier alpha value is -0.0425. The third-order valence-corrected chi connectivity index (χ3v) is 16.5. The quantitative estimate of drug-likeness (QED) is 0.245. The molecular weight excluding hydrogens is 421 g/mol. The molecule has 5 nitrogen and oxygen atoms in total. The number of carbonyl (C=O) groups is 1. The second kappa shape index (κ2) is 8.99. The Bertz CT molecular complexity index is 526. The average Bonchev–Trinajstić information content (AvgIpc) is 2.42. The van der Waals surface area contributed by atoms with Gasteiger partial charge in [-0.05, 0) is 91.5 Å². The largest absolute Gasteiger partial charge is 0.516 e. The monoisotopic (exact) mass is 462 g/mol. The zero-order valence-corrected chi connectivity index (χ0v) is 23.8. The van der Waals surface area contributed by atoms with Crippen LogP contribution < -0.4 is 0 Å². The Morgan fingerprint density at radius 1 is 0.750 bits per heavy atom. The molecular formula is C19H42O5Si4. The van der Waals surface area contributed by atoms with Gasteiger partial charge in [-0.15, -0.1) is 0 Å². The third-order valence-electron chi connectivity index (χ3n) is 4.18. The zero-order valence-electron chi connectivity index (χ0n) is 19.8. The van der Waals surface area contributed by atoms with Crippen LogP contribution in [0.4, 0.5) is 0 Å². The molecule has 0 bridgehead atoms. The average molecular weight is 463 g/mol. The van der Waals surface area contributed by atoms with E-state index in [4.69, 9.17) is 17.1 Å². The zero-order chi connectivity index (χ0) is 22.0. The van der Waals surface area contributed by atoms with Gasteiger partial charge in [0.2, 0.25) is 0 Å². The van der Waals surface area contributed by atoms with Crippen molar-refractivity contribution in [2.24, 2.45) is 0 Å². The van der Waals surface area contributed by atoms with Gasteiger partial charge in [-0.1, -0.05) is 13.0 Å². The van der Waals surface area contributed by atoms with Gasteiger partial charge in [0.25, 0.3) is 0 Å². The van der Waals surface area contributed by atoms with Crippen LogP contribution in [0.5, 0.6) is 0 Å². The van der Waals surface area contributed by atoms with E-state index in [0.717, 1.165) is 32.1 Å². The first-order chi connectivity index (χ1) is 12.4. The maximum Gasteiger partial charge on any atom is 0.516 e. The molecule has 0 aromatic heterocycles. The van der Waals surface area contributed by atoms with Gasteiger partial charge in [0.1, 0.15) is 0 Å². The van der Waals surface area contributed by atoms with Crippen molar-refractivity contribution in [2.45, 2.75) is 103 Å². The van der Waals surface area contributed by atoms with Gasteiger partial charge in [0.15, 0.2) is 30.2 Å². The molecule has 0 aliphatic heterocycles. The first-order valence-corrected chi connectivity index (χ1v) is 22.3. The van der Waals surface area contributed by atoms with E-state index in [1.807, 2.05) is 0 Å². The molecule has 0 heterocycles. The Labute approximate surface area is 176 Å². The van der Waals surface area contributed by atoms with Crippen molar-refractivity contribution < 1.29 is 21.9 Å². The lowest BCUT2D eigenvalue weighted by Gasteiger charge is -2.52. The lowest BCUT2D eigenvalue weighted by molar-refractivity contribution is -0.154. The summed E-state index contributed by atoms with van der Waals surface area (Å²) >= 11 is 0. The van der Waals surface area contributed by atoms with Crippen LogP contribution in [-0.2, 0) is 21.9 Å². The van der Waals surface area contributed by atoms with Crippen LogP contribution in [0, 0.1) is 0 Å². The summed E-state index contributed by atoms with van der Waals surface area (Å²) in [6.45, 7) is 24.9. The first-order valence-electron chi connectivity index (χ1n) is 10.4. The molecule has 164 valence electrons. The number of hydrogen-bond acceptors (Lipinski definition) is 5. The number of rotatable bonds is 9. The standard InChI is InChI=1S/C19H42O5Si4/c1-17(2)18(20)21-19(15-13-12-14-16-19)28(22-25(3,4)5,23-26(6,7)8)24-27(9,10)11/h1,12-16H2,2-11H3. The molecule has 0 aromatic rings. The lowest BCUT2D eigenvalue weighted by atomic mass is 9.97. The molecule has 0 aromatic carbocycles. The molecule has 1 saturated carbocycles. The van der Waals surface area contributed by atoms with E-state index < -0.39 is 39.0 Å².